The number of ether oxygens (including phenoxy) is 1. The number of alkyl halides is 17. The minimum Gasteiger partial charge on any atom is -0.545 e. The minimum atomic E-state index is -8.63. The van der Waals surface area contributed by atoms with E-state index in [0.29, 0.717) is 0 Å². The van der Waals surface area contributed by atoms with Crippen LogP contribution in [0.2, 0.25) is 0 Å². The third-order valence-electron chi connectivity index (χ3n) is 3.91. The highest BCUT2D eigenvalue weighted by Crippen LogP contribution is 2.64. The van der Waals surface area contributed by atoms with Crippen molar-refractivity contribution in [2.24, 2.45) is 0 Å². The normalized spacial score (nSPS) is 15.4. The van der Waals surface area contributed by atoms with Crippen LogP contribution in [0.1, 0.15) is 13.8 Å². The standard InChI is InChI=1S/C12H7F17O.C4H6O2/c1-3-30-4(2)5(13,14)6(15,16)7(17,18)8(19,20)9(21,22)10(23,24)11(25,26)12(27,28)29;1-3(2)4(5)6/h3-4H,1H2,2H3;1H2,2H3,(H,5,6)/p-1. The van der Waals surface area contributed by atoms with Crippen LogP contribution in [0.4, 0.5) is 74.6 Å². The van der Waals surface area contributed by atoms with Gasteiger partial charge in [-0.25, -0.2) is 0 Å². The van der Waals surface area contributed by atoms with Crippen molar-refractivity contribution in [2.75, 3.05) is 0 Å². The lowest BCUT2D eigenvalue weighted by Gasteiger charge is -2.43. The van der Waals surface area contributed by atoms with Crippen LogP contribution in [0.5, 0.6) is 0 Å². The molecule has 1 atom stereocenters. The fourth-order valence-electron chi connectivity index (χ4n) is 1.66. The molecule has 0 fully saturated rings. The number of carbonyl (C=O) groups is 1. The molecule has 20 heteroatoms. The fourth-order valence-corrected chi connectivity index (χ4v) is 1.66. The van der Waals surface area contributed by atoms with Crippen molar-refractivity contribution >= 4 is 5.97 Å². The van der Waals surface area contributed by atoms with Crippen LogP contribution in [-0.2, 0) is 9.53 Å². The maximum atomic E-state index is 13.4. The van der Waals surface area contributed by atoms with Gasteiger partial charge in [-0.2, -0.15) is 74.6 Å². The summed E-state index contributed by atoms with van der Waals surface area (Å²) in [6, 6.07) is 0. The highest BCUT2D eigenvalue weighted by Gasteiger charge is 2.95. The number of hydrogen-bond donors (Lipinski definition) is 0. The summed E-state index contributed by atoms with van der Waals surface area (Å²) in [5, 5.41) is 9.49. The average molecular weight is 575 g/mol. The lowest BCUT2D eigenvalue weighted by atomic mass is 9.88. The molecule has 0 aromatic rings. The van der Waals surface area contributed by atoms with Crippen LogP contribution < -0.4 is 5.11 Å². The smallest absolute Gasteiger partial charge is 0.460 e. The zero-order chi connectivity index (χ0) is 30.1. The third kappa shape index (κ3) is 5.45. The van der Waals surface area contributed by atoms with E-state index in [1.807, 2.05) is 0 Å². The van der Waals surface area contributed by atoms with E-state index < -0.39 is 59.7 Å². The van der Waals surface area contributed by atoms with Crippen LogP contribution in [0.15, 0.2) is 25.0 Å². The molecule has 0 amide bonds. The number of aliphatic carboxylic acids is 1. The Balaban J connectivity index is 0. The van der Waals surface area contributed by atoms with Gasteiger partial charge in [0.25, 0.3) is 0 Å². The van der Waals surface area contributed by atoms with Gasteiger partial charge in [-0.05, 0) is 19.4 Å². The maximum Gasteiger partial charge on any atom is 0.460 e. The van der Waals surface area contributed by atoms with Crippen molar-refractivity contribution in [2.45, 2.75) is 67.6 Å². The summed E-state index contributed by atoms with van der Waals surface area (Å²) in [5.74, 6) is -57.7. The van der Waals surface area contributed by atoms with Gasteiger partial charge in [0.15, 0.2) is 6.10 Å². The molecule has 0 aliphatic heterocycles. The Kier molecular flexibility index (Phi) is 10.1. The van der Waals surface area contributed by atoms with Crippen LogP contribution >= 0.6 is 0 Å². The first kappa shape index (κ1) is 35.7. The van der Waals surface area contributed by atoms with Gasteiger partial charge in [0.05, 0.1) is 12.2 Å². The lowest BCUT2D eigenvalue weighted by molar-refractivity contribution is -0.463. The molecule has 0 aliphatic rings. The van der Waals surface area contributed by atoms with Gasteiger partial charge in [0, 0.05) is 0 Å². The SMILES string of the molecule is C=C(C)C(=O)[O-].C=COC(C)C(F)(F)C(F)(F)C(F)(F)C(F)(F)C(F)(F)C(F)(F)C(F)(F)C(F)(F)F. The summed E-state index contributed by atoms with van der Waals surface area (Å²) in [6.07, 6.45) is -11.5. The molecule has 214 valence electrons. The largest absolute Gasteiger partial charge is 0.545 e. The van der Waals surface area contributed by atoms with E-state index in [4.69, 9.17) is 0 Å². The van der Waals surface area contributed by atoms with E-state index in [-0.39, 0.29) is 18.8 Å². The molecule has 0 N–H and O–H groups in total. The Morgan fingerprint density at radius 1 is 0.694 bits per heavy atom. The van der Waals surface area contributed by atoms with Gasteiger partial charge in [-0.15, -0.1) is 0 Å². The van der Waals surface area contributed by atoms with E-state index in [9.17, 15) is 84.5 Å². The monoisotopic (exact) mass is 575 g/mol. The molecule has 0 aliphatic carbocycles. The number of carbonyl (C=O) groups excluding carboxylic acids is 1. The van der Waals surface area contributed by atoms with Gasteiger partial charge in [0.1, 0.15) is 0 Å². The number of carboxylic acids is 1. The van der Waals surface area contributed by atoms with E-state index in [2.05, 4.69) is 17.9 Å². The van der Waals surface area contributed by atoms with E-state index in [1.54, 1.807) is 0 Å². The van der Waals surface area contributed by atoms with Crippen molar-refractivity contribution in [1.82, 2.24) is 0 Å². The molecular weight excluding hydrogens is 563 g/mol. The van der Waals surface area contributed by atoms with Crippen molar-refractivity contribution in [3.63, 3.8) is 0 Å². The lowest BCUT2D eigenvalue weighted by Crippen LogP contribution is -2.75. The van der Waals surface area contributed by atoms with Gasteiger partial charge in [-0.1, -0.05) is 13.2 Å². The topological polar surface area (TPSA) is 49.4 Å². The van der Waals surface area contributed by atoms with Crippen LogP contribution in [0, 0.1) is 0 Å². The summed E-state index contributed by atoms with van der Waals surface area (Å²) in [6.45, 7) is 6.73. The first-order chi connectivity index (χ1) is 15.4. The fraction of sp³-hybridized carbons (Fsp3) is 0.688. The van der Waals surface area contributed by atoms with Crippen LogP contribution in [0.25, 0.3) is 0 Å². The van der Waals surface area contributed by atoms with Crippen molar-refractivity contribution in [1.29, 1.82) is 0 Å². The Bertz CT molecular complexity index is 801. The summed E-state index contributed by atoms with van der Waals surface area (Å²) in [5.41, 5.74) is 0.0648. The van der Waals surface area contributed by atoms with Gasteiger partial charge < -0.3 is 14.6 Å². The minimum absolute atomic E-state index is 0.0648. The summed E-state index contributed by atoms with van der Waals surface area (Å²) < 4.78 is 224. The number of rotatable bonds is 10. The molecule has 0 spiro atoms. The molecule has 0 saturated heterocycles. The molecule has 3 nitrogen and oxygen atoms in total. The predicted octanol–water partition coefficient (Wildman–Crippen LogP) is 5.86. The Morgan fingerprint density at radius 3 is 1.17 bits per heavy atom. The molecule has 0 aromatic carbocycles. The van der Waals surface area contributed by atoms with Gasteiger partial charge >= 0.3 is 47.6 Å². The third-order valence-corrected chi connectivity index (χ3v) is 3.91. The van der Waals surface area contributed by atoms with Crippen LogP contribution in [0.3, 0.4) is 0 Å². The van der Waals surface area contributed by atoms with Crippen molar-refractivity contribution in [3.05, 3.63) is 25.0 Å². The number of carboxylic acid groups (broad SMARTS) is 1. The molecule has 0 rings (SSSR count). The average Bonchev–Trinajstić information content (AvgIpc) is 2.66. The zero-order valence-electron chi connectivity index (χ0n) is 17.2. The Hall–Kier alpha value is -2.44. The predicted molar refractivity (Wildman–Crippen MR) is 81.2 cm³/mol. The van der Waals surface area contributed by atoms with E-state index in [1.165, 1.54) is 6.92 Å². The molecule has 0 saturated carbocycles. The van der Waals surface area contributed by atoms with Crippen LogP contribution in [-0.4, -0.2) is 59.7 Å². The van der Waals surface area contributed by atoms with Gasteiger partial charge in [-0.3, -0.25) is 0 Å². The first-order valence-electron chi connectivity index (χ1n) is 8.22. The Morgan fingerprint density at radius 2 is 0.944 bits per heavy atom. The zero-order valence-corrected chi connectivity index (χ0v) is 17.2. The number of hydrogen-bond acceptors (Lipinski definition) is 3. The van der Waals surface area contributed by atoms with Gasteiger partial charge in [0.2, 0.25) is 0 Å². The molecule has 1 unspecified atom stereocenters. The molecule has 0 bridgehead atoms. The molecule has 0 aromatic heterocycles. The second-order valence-corrected chi connectivity index (χ2v) is 6.58. The highest BCUT2D eigenvalue weighted by atomic mass is 19.4. The molecular formula is C16H12F17O3-. The van der Waals surface area contributed by atoms with E-state index >= 15 is 0 Å². The highest BCUT2D eigenvalue weighted by molar-refractivity contribution is 5.82. The summed E-state index contributed by atoms with van der Waals surface area (Å²) >= 11 is 0. The summed E-state index contributed by atoms with van der Waals surface area (Å²) in [7, 11) is 0. The molecule has 0 heterocycles. The molecule has 36 heavy (non-hydrogen) atoms. The Labute approximate surface area is 189 Å². The number of halogens is 17. The molecule has 0 radical (unpaired) electrons. The maximum absolute atomic E-state index is 13.4. The second kappa shape index (κ2) is 10.1. The summed E-state index contributed by atoms with van der Waals surface area (Å²) in [4.78, 5) is 9.49. The first-order valence-corrected chi connectivity index (χ1v) is 8.22. The quantitative estimate of drug-likeness (QED) is 0.187. The van der Waals surface area contributed by atoms with Crippen molar-refractivity contribution in [3.8, 4) is 0 Å². The second-order valence-electron chi connectivity index (χ2n) is 6.58. The van der Waals surface area contributed by atoms with E-state index in [0.717, 1.165) is 0 Å². The van der Waals surface area contributed by atoms with Crippen molar-refractivity contribution < 1.29 is 89.3 Å².